The van der Waals surface area contributed by atoms with Crippen molar-refractivity contribution in [2.45, 2.75) is 31.9 Å². The molecule has 1 N–H and O–H groups in total. The summed E-state index contributed by atoms with van der Waals surface area (Å²) in [4.78, 5) is 4.68. The zero-order chi connectivity index (χ0) is 26.1. The molecule has 1 aliphatic carbocycles. The van der Waals surface area contributed by atoms with E-state index in [1.807, 2.05) is 48.7 Å². The molecule has 38 heavy (non-hydrogen) atoms. The van der Waals surface area contributed by atoms with E-state index < -0.39 is 0 Å². The average Bonchev–Trinajstić information content (AvgIpc) is 3.43. The van der Waals surface area contributed by atoms with Gasteiger partial charge in [0.05, 0.1) is 16.8 Å². The maximum atomic E-state index is 6.48. The third kappa shape index (κ3) is 5.22. The minimum Gasteiger partial charge on any atom is -0.487 e. The molecule has 0 radical (unpaired) electrons. The molecule has 4 aromatic rings. The topological polar surface area (TPSA) is 33.6 Å². The van der Waals surface area contributed by atoms with Gasteiger partial charge in [0, 0.05) is 22.8 Å². The summed E-state index contributed by atoms with van der Waals surface area (Å²) in [6.45, 7) is 2.59. The summed E-state index contributed by atoms with van der Waals surface area (Å²) in [5, 5.41) is 5.07. The van der Waals surface area contributed by atoms with Crippen LogP contribution >= 0.6 is 23.2 Å². The van der Waals surface area contributed by atoms with E-state index in [4.69, 9.17) is 27.9 Å². The van der Waals surface area contributed by atoms with E-state index in [2.05, 4.69) is 71.8 Å². The van der Waals surface area contributed by atoms with Crippen LogP contribution in [0, 0.1) is 12.8 Å². The normalized spacial score (nSPS) is 19.7. The fourth-order valence-electron chi connectivity index (χ4n) is 5.42. The second kappa shape index (κ2) is 10.7. The Morgan fingerprint density at radius 3 is 2.55 bits per heavy atom. The minimum absolute atomic E-state index is 0.280. The third-order valence-electron chi connectivity index (χ3n) is 7.40. The molecule has 6 rings (SSSR count). The first-order chi connectivity index (χ1) is 18.5. The van der Waals surface area contributed by atoms with Crippen molar-refractivity contribution in [1.29, 1.82) is 0 Å². The number of allylic oxidation sites excluding steroid dienone is 2. The summed E-state index contributed by atoms with van der Waals surface area (Å²) in [7, 11) is 0. The second-order valence-corrected chi connectivity index (χ2v) is 10.9. The summed E-state index contributed by atoms with van der Waals surface area (Å²) < 4.78 is 5.88. The summed E-state index contributed by atoms with van der Waals surface area (Å²) >= 11 is 12.4. The van der Waals surface area contributed by atoms with Crippen LogP contribution in [0.3, 0.4) is 0 Å². The highest BCUT2D eigenvalue weighted by Gasteiger charge is 2.37. The Bertz CT molecular complexity index is 1510. The van der Waals surface area contributed by atoms with E-state index in [-0.39, 0.29) is 6.04 Å². The van der Waals surface area contributed by atoms with Gasteiger partial charge in [-0.2, -0.15) is 0 Å². The number of rotatable bonds is 6. The number of hydrogen-bond acceptors (Lipinski definition) is 3. The Balaban J connectivity index is 1.12. The lowest BCUT2D eigenvalue weighted by Crippen LogP contribution is -2.29. The number of aryl methyl sites for hydroxylation is 1. The lowest BCUT2D eigenvalue weighted by atomic mass is 9.76. The van der Waals surface area contributed by atoms with Crippen molar-refractivity contribution in [3.63, 3.8) is 0 Å². The van der Waals surface area contributed by atoms with Crippen LogP contribution in [0.25, 0.3) is 0 Å². The zero-order valence-corrected chi connectivity index (χ0v) is 22.6. The summed E-state index contributed by atoms with van der Waals surface area (Å²) in [6.07, 6.45) is 7.64. The first-order valence-corrected chi connectivity index (χ1v) is 13.6. The maximum Gasteiger partial charge on any atom is 0.138 e. The SMILES string of the molecule is Cc1ccc2c(c1)[C@@H]1C=CC[C@H]1[C@@H](c1ccc(N=Cc3ccc(OCc4ccc(Cl)cc4)c(Cl)c3)cc1)N2. The van der Waals surface area contributed by atoms with Gasteiger partial charge >= 0.3 is 0 Å². The predicted octanol–water partition coefficient (Wildman–Crippen LogP) is 9.46. The lowest BCUT2D eigenvalue weighted by molar-refractivity contribution is 0.306. The molecule has 3 nitrogen and oxygen atoms in total. The van der Waals surface area contributed by atoms with Gasteiger partial charge in [-0.15, -0.1) is 0 Å². The third-order valence-corrected chi connectivity index (χ3v) is 7.94. The fourth-order valence-corrected chi connectivity index (χ4v) is 5.79. The Labute approximate surface area is 233 Å². The molecule has 0 saturated heterocycles. The highest BCUT2D eigenvalue weighted by atomic mass is 35.5. The van der Waals surface area contributed by atoms with Gasteiger partial charge in [0.1, 0.15) is 12.4 Å². The number of hydrogen-bond donors (Lipinski definition) is 1. The van der Waals surface area contributed by atoms with Crippen molar-refractivity contribution < 1.29 is 4.74 Å². The van der Waals surface area contributed by atoms with E-state index in [0.717, 1.165) is 23.2 Å². The molecule has 0 bridgehead atoms. The van der Waals surface area contributed by atoms with Gasteiger partial charge in [0.25, 0.3) is 0 Å². The molecule has 4 aromatic carbocycles. The Hall–Kier alpha value is -3.53. The van der Waals surface area contributed by atoms with Crippen LogP contribution in [-0.2, 0) is 6.61 Å². The zero-order valence-electron chi connectivity index (χ0n) is 21.1. The highest BCUT2D eigenvalue weighted by molar-refractivity contribution is 6.32. The number of nitrogens with one attached hydrogen (secondary N) is 1. The molecular formula is C33H28Cl2N2O. The molecule has 0 saturated carbocycles. The highest BCUT2D eigenvalue weighted by Crippen LogP contribution is 2.50. The smallest absolute Gasteiger partial charge is 0.138 e. The molecule has 0 spiro atoms. The molecule has 3 atom stereocenters. The van der Waals surface area contributed by atoms with Crippen molar-refractivity contribution >= 4 is 40.8 Å². The summed E-state index contributed by atoms with van der Waals surface area (Å²) in [5.74, 6) is 1.64. The van der Waals surface area contributed by atoms with Gasteiger partial charge < -0.3 is 10.1 Å². The van der Waals surface area contributed by atoms with Gasteiger partial charge in [-0.3, -0.25) is 4.99 Å². The van der Waals surface area contributed by atoms with E-state index >= 15 is 0 Å². The van der Waals surface area contributed by atoms with Crippen LogP contribution in [0.1, 0.15) is 46.2 Å². The first kappa shape index (κ1) is 24.8. The second-order valence-electron chi connectivity index (χ2n) is 10.0. The van der Waals surface area contributed by atoms with Crippen LogP contribution in [0.4, 0.5) is 11.4 Å². The molecule has 1 aliphatic heterocycles. The minimum atomic E-state index is 0.280. The molecule has 0 aromatic heterocycles. The van der Waals surface area contributed by atoms with Gasteiger partial charge in [0.2, 0.25) is 0 Å². The van der Waals surface area contributed by atoms with Gasteiger partial charge in [-0.25, -0.2) is 0 Å². The van der Waals surface area contributed by atoms with E-state index in [9.17, 15) is 0 Å². The number of benzene rings is 4. The van der Waals surface area contributed by atoms with Crippen molar-refractivity contribution in [3.05, 3.63) is 135 Å². The molecule has 2 aliphatic rings. The van der Waals surface area contributed by atoms with Gasteiger partial charge in [-0.1, -0.05) is 77.3 Å². The molecular weight excluding hydrogens is 511 g/mol. The van der Waals surface area contributed by atoms with E-state index in [1.165, 1.54) is 22.4 Å². The van der Waals surface area contributed by atoms with Crippen LogP contribution in [0.5, 0.6) is 5.75 Å². The van der Waals surface area contributed by atoms with E-state index in [0.29, 0.717) is 34.2 Å². The largest absolute Gasteiger partial charge is 0.487 e. The monoisotopic (exact) mass is 538 g/mol. The quantitative estimate of drug-likeness (QED) is 0.196. The van der Waals surface area contributed by atoms with Crippen molar-refractivity contribution in [1.82, 2.24) is 0 Å². The molecule has 1 heterocycles. The van der Waals surface area contributed by atoms with Crippen LogP contribution < -0.4 is 10.1 Å². The van der Waals surface area contributed by atoms with Crippen LogP contribution in [-0.4, -0.2) is 6.21 Å². The molecule has 0 unspecified atom stereocenters. The Morgan fingerprint density at radius 2 is 1.76 bits per heavy atom. The van der Waals surface area contributed by atoms with E-state index in [1.54, 1.807) is 0 Å². The molecule has 190 valence electrons. The Kier molecular flexibility index (Phi) is 6.97. The van der Waals surface area contributed by atoms with Crippen molar-refractivity contribution in [2.24, 2.45) is 10.9 Å². The fraction of sp³-hybridized carbons (Fsp3) is 0.182. The maximum absolute atomic E-state index is 6.48. The predicted molar refractivity (Wildman–Crippen MR) is 158 cm³/mol. The average molecular weight is 540 g/mol. The number of nitrogens with zero attached hydrogens (tertiary/aromatic N) is 1. The van der Waals surface area contributed by atoms with Crippen molar-refractivity contribution in [3.8, 4) is 5.75 Å². The van der Waals surface area contributed by atoms with Gasteiger partial charge in [-0.05, 0) is 90.0 Å². The molecule has 0 fully saturated rings. The van der Waals surface area contributed by atoms with Crippen molar-refractivity contribution in [2.75, 3.05) is 5.32 Å². The Morgan fingerprint density at radius 1 is 0.947 bits per heavy atom. The van der Waals surface area contributed by atoms with Crippen LogP contribution in [0.15, 0.2) is 102 Å². The number of anilines is 1. The molecule has 5 heteroatoms. The lowest BCUT2D eigenvalue weighted by Gasteiger charge is -2.37. The van der Waals surface area contributed by atoms with Gasteiger partial charge in [0.15, 0.2) is 0 Å². The summed E-state index contributed by atoms with van der Waals surface area (Å²) in [5.41, 5.74) is 8.11. The molecule has 0 amide bonds. The first-order valence-electron chi connectivity index (χ1n) is 12.9. The number of ether oxygens (including phenoxy) is 1. The standard InChI is InChI=1S/C33H28Cl2N2O/c1-21-5-15-31-29(17-21)27-3-2-4-28(27)33(37-31)24-9-13-26(14-10-24)36-19-23-8-16-32(30(35)18-23)38-20-22-6-11-25(34)12-7-22/h2-3,5-19,27-28,33,37H,4,20H2,1H3/t27-,28-,33-/m1/s1. The summed E-state index contributed by atoms with van der Waals surface area (Å²) in [6, 6.07) is 28.9. The number of fused-ring (bicyclic) bond motifs is 3. The number of aliphatic imine (C=N–C) groups is 1. The van der Waals surface area contributed by atoms with Crippen LogP contribution in [0.2, 0.25) is 10.0 Å². The number of halogens is 2.